The van der Waals surface area contributed by atoms with Crippen LogP contribution in [0.25, 0.3) is 11.2 Å². The van der Waals surface area contributed by atoms with Gasteiger partial charge in [-0.05, 0) is 11.1 Å². The third-order valence-electron chi connectivity index (χ3n) is 5.80. The number of hydrogen-bond acceptors (Lipinski definition) is 11. The molecule has 1 saturated heterocycles. The number of aliphatic hydroxyl groups excluding tert-OH is 3. The van der Waals surface area contributed by atoms with Crippen molar-refractivity contribution in [2.45, 2.75) is 43.3 Å². The minimum atomic E-state index is -4.17. The Bertz CT molecular complexity index is 1280. The molecule has 1 aromatic carbocycles. The maximum Gasteiger partial charge on any atom is 0.338 e. The Morgan fingerprint density at radius 1 is 1.15 bits per heavy atom. The van der Waals surface area contributed by atoms with Gasteiger partial charge in [0.05, 0.1) is 18.5 Å². The lowest BCUT2D eigenvalue weighted by Crippen LogP contribution is -2.36. The van der Waals surface area contributed by atoms with Gasteiger partial charge in [-0.25, -0.2) is 19.1 Å². The molecule has 5 N–H and O–H groups in total. The molecular weight excluding hydrogens is 456 g/mol. The van der Waals surface area contributed by atoms with Crippen LogP contribution in [0, 0.1) is 0 Å². The van der Waals surface area contributed by atoms with Crippen molar-refractivity contribution in [1.29, 1.82) is 0 Å². The van der Waals surface area contributed by atoms with Crippen molar-refractivity contribution < 1.29 is 32.7 Å². The molecule has 6 atom stereocenters. The van der Waals surface area contributed by atoms with Crippen LogP contribution in [0.3, 0.4) is 0 Å². The number of nitrogens with one attached hydrogen (secondary N) is 2. The number of ether oxygens (including phenoxy) is 1. The molecule has 0 amide bonds. The van der Waals surface area contributed by atoms with Crippen LogP contribution in [-0.2, 0) is 25.6 Å². The summed E-state index contributed by atoms with van der Waals surface area (Å²) in [6.45, 7) is 0. The molecule has 14 heteroatoms. The second kappa shape index (κ2) is 8.25. The second-order valence-corrected chi connectivity index (χ2v) is 9.28. The molecule has 33 heavy (non-hydrogen) atoms. The van der Waals surface area contributed by atoms with Crippen LogP contribution >= 0.6 is 0 Å². The van der Waals surface area contributed by atoms with E-state index < -0.39 is 47.2 Å². The monoisotopic (exact) mass is 478 g/mol. The van der Waals surface area contributed by atoms with Gasteiger partial charge in [-0.15, -0.1) is 0 Å². The van der Waals surface area contributed by atoms with Gasteiger partial charge in [0, 0.05) is 13.5 Å². The Hall–Kier alpha value is -2.72. The first kappa shape index (κ1) is 22.1. The molecule has 1 aliphatic heterocycles. The van der Waals surface area contributed by atoms with Crippen LogP contribution in [0.15, 0.2) is 36.9 Å². The Kier molecular flexibility index (Phi) is 5.52. The second-order valence-electron chi connectivity index (χ2n) is 7.77. The van der Waals surface area contributed by atoms with Gasteiger partial charge in [0.1, 0.15) is 18.5 Å². The van der Waals surface area contributed by atoms with Gasteiger partial charge in [0.2, 0.25) is 6.29 Å². The minimum absolute atomic E-state index is 0.265. The maximum atomic E-state index is 11.7. The molecule has 0 radical (unpaired) electrons. The topological polar surface area (TPSA) is 181 Å². The third-order valence-corrected chi connectivity index (χ3v) is 6.74. The predicted octanol–water partition coefficient (Wildman–Crippen LogP) is -1.05. The summed E-state index contributed by atoms with van der Waals surface area (Å²) in [5, 5.41) is 34.5. The van der Waals surface area contributed by atoms with Gasteiger partial charge in [-0.1, -0.05) is 24.3 Å². The van der Waals surface area contributed by atoms with Crippen molar-refractivity contribution in [3.63, 3.8) is 0 Å². The van der Waals surface area contributed by atoms with E-state index in [1.807, 2.05) is 29.0 Å². The highest BCUT2D eigenvalue weighted by Gasteiger charge is 2.47. The quantitative estimate of drug-likeness (QED) is 0.292. The zero-order valence-electron chi connectivity index (χ0n) is 17.3. The van der Waals surface area contributed by atoms with E-state index in [9.17, 15) is 23.7 Å². The summed E-state index contributed by atoms with van der Waals surface area (Å²) in [4.78, 5) is 12.8. The van der Waals surface area contributed by atoms with Gasteiger partial charge >= 0.3 is 10.3 Å². The molecule has 2 aromatic heterocycles. The number of hydrogen-bond donors (Lipinski definition) is 5. The molecule has 1 fully saturated rings. The fourth-order valence-corrected chi connectivity index (χ4v) is 4.65. The largest absolute Gasteiger partial charge is 0.390 e. The highest BCUT2D eigenvalue weighted by atomic mass is 32.2. The lowest BCUT2D eigenvalue weighted by molar-refractivity contribution is -0.122. The lowest BCUT2D eigenvalue weighted by atomic mass is 10.1. The van der Waals surface area contributed by atoms with E-state index in [1.165, 1.54) is 17.2 Å². The van der Waals surface area contributed by atoms with E-state index in [0.29, 0.717) is 17.8 Å². The maximum absolute atomic E-state index is 11.7. The van der Waals surface area contributed by atoms with E-state index >= 15 is 0 Å². The lowest BCUT2D eigenvalue weighted by Gasteiger charge is -2.19. The summed E-state index contributed by atoms with van der Waals surface area (Å²) < 4.78 is 36.8. The van der Waals surface area contributed by atoms with Crippen LogP contribution in [0.2, 0.25) is 0 Å². The number of benzene rings is 1. The van der Waals surface area contributed by atoms with E-state index in [1.54, 1.807) is 0 Å². The summed E-state index contributed by atoms with van der Waals surface area (Å²) in [5.41, 5.74) is 2.60. The third kappa shape index (κ3) is 3.85. The number of rotatable bonds is 6. The molecule has 0 unspecified atom stereocenters. The average Bonchev–Trinajstić information content (AvgIpc) is 3.44. The van der Waals surface area contributed by atoms with Crippen molar-refractivity contribution in [2.75, 3.05) is 12.4 Å². The minimum Gasteiger partial charge on any atom is -0.390 e. The van der Waals surface area contributed by atoms with E-state index in [4.69, 9.17) is 8.92 Å². The van der Waals surface area contributed by atoms with E-state index in [0.717, 1.165) is 18.2 Å². The Morgan fingerprint density at radius 3 is 2.73 bits per heavy atom. The average molecular weight is 478 g/mol. The molecule has 1 aliphatic carbocycles. The van der Waals surface area contributed by atoms with Crippen LogP contribution in [0.5, 0.6) is 0 Å². The first-order valence-electron chi connectivity index (χ1n) is 10.1. The Labute approximate surface area is 188 Å². The molecule has 13 nitrogen and oxygen atoms in total. The Morgan fingerprint density at radius 2 is 1.94 bits per heavy atom. The predicted molar refractivity (Wildman–Crippen MR) is 113 cm³/mol. The van der Waals surface area contributed by atoms with Crippen molar-refractivity contribution in [1.82, 2.24) is 24.2 Å². The fourth-order valence-electron chi connectivity index (χ4n) is 4.15. The summed E-state index contributed by atoms with van der Waals surface area (Å²) in [6.07, 6.45) is -3.54. The molecule has 0 bridgehead atoms. The number of anilines is 1. The SMILES string of the molecule is CNS(=O)(=O)O[C@H]1O[C@@H](n2cnc3c(N[C@@H]4c5ccccc5C[C@@H]4O)ncnc32)[C@H](O)[C@@H]1O. The van der Waals surface area contributed by atoms with Crippen molar-refractivity contribution in [3.8, 4) is 0 Å². The first-order valence-corrected chi connectivity index (χ1v) is 11.5. The van der Waals surface area contributed by atoms with Crippen molar-refractivity contribution in [3.05, 3.63) is 48.0 Å². The zero-order valence-corrected chi connectivity index (χ0v) is 18.1. The number of imidazole rings is 1. The molecule has 0 saturated carbocycles. The normalized spacial score (nSPS) is 29.5. The van der Waals surface area contributed by atoms with Crippen LogP contribution in [0.4, 0.5) is 5.82 Å². The van der Waals surface area contributed by atoms with Gasteiger partial charge in [-0.3, -0.25) is 4.57 Å². The zero-order chi connectivity index (χ0) is 23.3. The highest BCUT2D eigenvalue weighted by molar-refractivity contribution is 7.84. The number of nitrogens with zero attached hydrogens (tertiary/aromatic N) is 4. The van der Waals surface area contributed by atoms with Crippen molar-refractivity contribution in [2.24, 2.45) is 0 Å². The van der Waals surface area contributed by atoms with Crippen LogP contribution < -0.4 is 10.0 Å². The first-order chi connectivity index (χ1) is 15.8. The number of aliphatic hydroxyl groups is 3. The summed E-state index contributed by atoms with van der Waals surface area (Å²) in [7, 11) is -3.04. The molecule has 3 aromatic rings. The van der Waals surface area contributed by atoms with Crippen LogP contribution in [0.1, 0.15) is 23.4 Å². The number of fused-ring (bicyclic) bond motifs is 2. The molecule has 0 spiro atoms. The molecule has 5 rings (SSSR count). The summed E-state index contributed by atoms with van der Waals surface area (Å²) in [6, 6.07) is 7.31. The molecule has 3 heterocycles. The van der Waals surface area contributed by atoms with Gasteiger partial charge < -0.3 is 25.4 Å². The molecular formula is C19H22N6O7S. The van der Waals surface area contributed by atoms with E-state index in [2.05, 4.69) is 20.3 Å². The molecule has 2 aliphatic rings. The smallest absolute Gasteiger partial charge is 0.338 e. The standard InChI is InChI=1S/C19H22N6O7S/c1-20-33(29,30)32-19-15(28)14(27)18(31-19)25-8-23-13-16(21-7-22-17(13)25)24-12-10-5-3-2-4-9(10)6-11(12)26/h2-5,7-8,11-12,14-15,18-20,26-28H,6H2,1H3,(H,21,22,24)/t11-,12+,14+,15-,18+,19+/m0/s1. The summed E-state index contributed by atoms with van der Waals surface area (Å²) in [5.74, 6) is 0.359. The highest BCUT2D eigenvalue weighted by Crippen LogP contribution is 2.36. The Balaban J connectivity index is 1.44. The van der Waals surface area contributed by atoms with Gasteiger partial charge in [0.25, 0.3) is 0 Å². The number of aromatic nitrogens is 4. The van der Waals surface area contributed by atoms with E-state index in [-0.39, 0.29) is 5.65 Å². The molecule has 176 valence electrons. The van der Waals surface area contributed by atoms with Gasteiger partial charge in [-0.2, -0.15) is 13.1 Å². The van der Waals surface area contributed by atoms with Gasteiger partial charge in [0.15, 0.2) is 23.2 Å². The van der Waals surface area contributed by atoms with Crippen molar-refractivity contribution >= 4 is 27.3 Å². The fraction of sp³-hybridized carbons (Fsp3) is 0.421. The van der Waals surface area contributed by atoms with Crippen LogP contribution in [-0.4, -0.2) is 74.9 Å². The summed E-state index contributed by atoms with van der Waals surface area (Å²) >= 11 is 0.